The van der Waals surface area contributed by atoms with Crippen LogP contribution in [0, 0.1) is 0 Å². The minimum Gasteiger partial charge on any atom is -0.507 e. The van der Waals surface area contributed by atoms with E-state index >= 15 is 0 Å². The number of aromatic amines is 1. The van der Waals surface area contributed by atoms with Crippen molar-refractivity contribution in [2.45, 2.75) is 67.2 Å². The number of aromatic nitrogens is 1. The molecule has 3 aliphatic heterocycles. The van der Waals surface area contributed by atoms with Crippen LogP contribution in [0.25, 0.3) is 24.3 Å². The molecule has 2 N–H and O–H groups in total. The number of phenolic OH excluding ortho intramolecular Hbond substituents is 1. The predicted molar refractivity (Wildman–Crippen MR) is 159 cm³/mol. The summed E-state index contributed by atoms with van der Waals surface area (Å²) in [6.45, 7) is 13.0. The van der Waals surface area contributed by atoms with Gasteiger partial charge in [-0.25, -0.2) is 9.98 Å². The number of aliphatic imine (C=N–C) groups is 2. The summed E-state index contributed by atoms with van der Waals surface area (Å²) in [4.78, 5) is 13.9. The standard InChI is InChI=1S/C33H37N3O2/c1-8-22-18(5)26-13-20-12-21(33(38-7)17-32(20)37)14-27-19(6)23(9-2)29(35-27)16-31-25(11-4)24(10-3)30(36-31)15-28(22)34-26/h12-17,36-37H,8-11H2,1-7H3. The molecule has 5 heteroatoms. The van der Waals surface area contributed by atoms with Gasteiger partial charge < -0.3 is 14.8 Å². The first-order chi connectivity index (χ1) is 18.3. The van der Waals surface area contributed by atoms with Gasteiger partial charge in [-0.1, -0.05) is 27.7 Å². The lowest BCUT2D eigenvalue weighted by molar-refractivity contribution is 0.406. The molecule has 0 spiro atoms. The van der Waals surface area contributed by atoms with Crippen LogP contribution in [0.1, 0.15) is 76.6 Å². The van der Waals surface area contributed by atoms with Gasteiger partial charge in [-0.2, -0.15) is 0 Å². The average molecular weight is 508 g/mol. The number of rotatable bonds is 5. The van der Waals surface area contributed by atoms with Crippen molar-refractivity contribution in [3.05, 3.63) is 78.8 Å². The number of H-pyrrole nitrogens is 1. The molecule has 4 heterocycles. The first-order valence-corrected chi connectivity index (χ1v) is 13.7. The zero-order valence-electron chi connectivity index (χ0n) is 23.5. The second-order valence-corrected chi connectivity index (χ2v) is 10.0. The van der Waals surface area contributed by atoms with E-state index in [0.29, 0.717) is 11.3 Å². The van der Waals surface area contributed by atoms with Gasteiger partial charge >= 0.3 is 0 Å². The number of hydrogen-bond acceptors (Lipinski definition) is 4. The maximum absolute atomic E-state index is 10.9. The Morgan fingerprint density at radius 3 is 1.66 bits per heavy atom. The molecule has 0 unspecified atom stereocenters. The minimum atomic E-state index is 0.163. The van der Waals surface area contributed by atoms with Gasteiger partial charge in [0, 0.05) is 27.9 Å². The van der Waals surface area contributed by atoms with E-state index in [1.165, 1.54) is 27.8 Å². The van der Waals surface area contributed by atoms with E-state index in [0.717, 1.165) is 70.3 Å². The lowest BCUT2D eigenvalue weighted by atomic mass is 10.00. The van der Waals surface area contributed by atoms with Crippen molar-refractivity contribution >= 4 is 35.7 Å². The third-order valence-corrected chi connectivity index (χ3v) is 8.00. The Labute approximate surface area is 225 Å². The number of ether oxygens (including phenoxy) is 1. The van der Waals surface area contributed by atoms with Gasteiger partial charge in [0.15, 0.2) is 0 Å². The van der Waals surface area contributed by atoms with E-state index in [2.05, 4.69) is 64.8 Å². The molecule has 1 aromatic carbocycles. The van der Waals surface area contributed by atoms with E-state index in [-0.39, 0.29) is 5.75 Å². The fourth-order valence-electron chi connectivity index (χ4n) is 5.92. The van der Waals surface area contributed by atoms with Crippen LogP contribution in [0.4, 0.5) is 0 Å². The minimum absolute atomic E-state index is 0.163. The normalized spacial score (nSPS) is 16.6. The molecule has 0 saturated carbocycles. The number of methoxy groups -OCH3 is 1. The van der Waals surface area contributed by atoms with Crippen LogP contribution in [0.15, 0.2) is 55.8 Å². The van der Waals surface area contributed by atoms with Crippen molar-refractivity contribution in [2.75, 3.05) is 7.11 Å². The summed E-state index contributed by atoms with van der Waals surface area (Å²) in [5.74, 6) is 0.772. The molecule has 2 aromatic rings. The number of phenols is 1. The number of fused-ring (bicyclic) bond motifs is 6. The average Bonchev–Trinajstić information content (AvgIpc) is 3.50. The number of benzene rings is 1. The number of aromatic hydroxyl groups is 1. The summed E-state index contributed by atoms with van der Waals surface area (Å²) >= 11 is 0. The van der Waals surface area contributed by atoms with Crippen LogP contribution in [0.3, 0.4) is 0 Å². The molecule has 196 valence electrons. The van der Waals surface area contributed by atoms with E-state index in [4.69, 9.17) is 14.7 Å². The van der Waals surface area contributed by atoms with E-state index in [1.54, 1.807) is 13.2 Å². The molecule has 5 nitrogen and oxygen atoms in total. The van der Waals surface area contributed by atoms with Crippen LogP contribution in [-0.4, -0.2) is 28.6 Å². The van der Waals surface area contributed by atoms with Crippen LogP contribution in [0.5, 0.6) is 11.5 Å². The molecule has 0 aliphatic carbocycles. The maximum atomic E-state index is 10.9. The Morgan fingerprint density at radius 2 is 1.21 bits per heavy atom. The van der Waals surface area contributed by atoms with E-state index in [9.17, 15) is 5.11 Å². The molecule has 3 aliphatic rings. The molecule has 0 fully saturated rings. The van der Waals surface area contributed by atoms with Crippen molar-refractivity contribution in [1.82, 2.24) is 4.98 Å². The smallest absolute Gasteiger partial charge is 0.129 e. The Morgan fingerprint density at radius 1 is 0.711 bits per heavy atom. The monoisotopic (exact) mass is 507 g/mol. The summed E-state index contributed by atoms with van der Waals surface area (Å²) in [5, 5.41) is 13.1. The van der Waals surface area contributed by atoms with Crippen LogP contribution in [-0.2, 0) is 12.8 Å². The van der Waals surface area contributed by atoms with Crippen LogP contribution >= 0.6 is 0 Å². The highest BCUT2D eigenvalue weighted by molar-refractivity contribution is 6.24. The fourth-order valence-corrected chi connectivity index (χ4v) is 5.92. The predicted octanol–water partition coefficient (Wildman–Crippen LogP) is 6.17. The van der Waals surface area contributed by atoms with E-state index in [1.807, 2.05) is 12.1 Å². The van der Waals surface area contributed by atoms with Gasteiger partial charge in [-0.15, -0.1) is 0 Å². The van der Waals surface area contributed by atoms with Gasteiger partial charge in [-0.3, -0.25) is 0 Å². The highest BCUT2D eigenvalue weighted by Gasteiger charge is 2.22. The molecule has 0 amide bonds. The summed E-state index contributed by atoms with van der Waals surface area (Å²) in [6.07, 6.45) is 12.1. The Hall–Kier alpha value is -3.86. The molecule has 8 bridgehead atoms. The summed E-state index contributed by atoms with van der Waals surface area (Å²) in [6, 6.07) is 3.65. The van der Waals surface area contributed by atoms with Gasteiger partial charge in [0.05, 0.1) is 29.9 Å². The van der Waals surface area contributed by atoms with Gasteiger partial charge in [0.25, 0.3) is 0 Å². The van der Waals surface area contributed by atoms with Crippen LogP contribution < -0.4 is 15.4 Å². The second-order valence-electron chi connectivity index (χ2n) is 10.0. The van der Waals surface area contributed by atoms with Crippen molar-refractivity contribution in [3.63, 3.8) is 0 Å². The van der Waals surface area contributed by atoms with Crippen molar-refractivity contribution in [1.29, 1.82) is 0 Å². The highest BCUT2D eigenvalue weighted by Crippen LogP contribution is 2.37. The van der Waals surface area contributed by atoms with Crippen LogP contribution in [0.2, 0.25) is 0 Å². The Bertz CT molecular complexity index is 1650. The summed E-state index contributed by atoms with van der Waals surface area (Å²) in [5.41, 5.74) is 12.8. The van der Waals surface area contributed by atoms with Gasteiger partial charge in [0.2, 0.25) is 0 Å². The molecule has 0 radical (unpaired) electrons. The number of nitrogens with one attached hydrogen (secondary N) is 1. The van der Waals surface area contributed by atoms with Crippen molar-refractivity contribution in [2.24, 2.45) is 9.98 Å². The highest BCUT2D eigenvalue weighted by atomic mass is 16.5. The molecule has 38 heavy (non-hydrogen) atoms. The number of hydrogen-bond donors (Lipinski definition) is 2. The first-order valence-electron chi connectivity index (χ1n) is 13.7. The number of allylic oxidation sites excluding steroid dienone is 4. The zero-order chi connectivity index (χ0) is 27.1. The van der Waals surface area contributed by atoms with E-state index < -0.39 is 0 Å². The van der Waals surface area contributed by atoms with Crippen molar-refractivity contribution < 1.29 is 9.84 Å². The quantitative estimate of drug-likeness (QED) is 0.508. The Balaban J connectivity index is 1.91. The molecular weight excluding hydrogens is 470 g/mol. The number of nitrogens with zero attached hydrogens (tertiary/aromatic N) is 2. The molecular formula is C33H37N3O2. The third kappa shape index (κ3) is 4.20. The lowest BCUT2D eigenvalue weighted by Gasteiger charge is -2.10. The molecule has 0 saturated heterocycles. The van der Waals surface area contributed by atoms with Crippen molar-refractivity contribution in [3.8, 4) is 11.5 Å². The topological polar surface area (TPSA) is 70.0 Å². The molecule has 5 rings (SSSR count). The fraction of sp³-hybridized carbons (Fsp3) is 0.333. The first kappa shape index (κ1) is 25.8. The lowest BCUT2D eigenvalue weighted by Crippen LogP contribution is -2.16. The molecule has 0 atom stereocenters. The largest absolute Gasteiger partial charge is 0.507 e. The summed E-state index contributed by atoms with van der Waals surface area (Å²) < 4.78 is 5.65. The summed E-state index contributed by atoms with van der Waals surface area (Å²) in [7, 11) is 1.63. The SMILES string of the molecule is CCC1=C(C)C2=Cc3cc(c(OC)cc3O)C=C3N=C(C=c4[nH]c(c(CC)c4CC)=CC1=N2)C(CC)=C3C. The van der Waals surface area contributed by atoms with Gasteiger partial charge in [0.1, 0.15) is 11.5 Å². The zero-order valence-corrected chi connectivity index (χ0v) is 23.5. The van der Waals surface area contributed by atoms with Gasteiger partial charge in [-0.05, 0) is 103 Å². The second kappa shape index (κ2) is 10.1. The Kier molecular flexibility index (Phi) is 6.87. The third-order valence-electron chi connectivity index (χ3n) is 8.00. The molecule has 1 aromatic heterocycles. The maximum Gasteiger partial charge on any atom is 0.129 e.